The third-order valence-electron chi connectivity index (χ3n) is 5.20. The maximum atomic E-state index is 4.87. The molecule has 0 spiro atoms. The Hall–Kier alpha value is -2.13. The summed E-state index contributed by atoms with van der Waals surface area (Å²) in [6, 6.07) is 2.16. The van der Waals surface area contributed by atoms with E-state index in [9.17, 15) is 0 Å². The zero-order valence-corrected chi connectivity index (χ0v) is 19.9. The van der Waals surface area contributed by atoms with E-state index in [0.29, 0.717) is 5.92 Å². The Morgan fingerprint density at radius 1 is 1.07 bits per heavy atom. The third-order valence-corrected chi connectivity index (χ3v) is 7.10. The number of aryl methyl sites for hydroxylation is 4. The molecule has 0 amide bonds. The maximum Gasteiger partial charge on any atom is 0.187 e. The van der Waals surface area contributed by atoms with Crippen LogP contribution in [0.1, 0.15) is 55.5 Å². The van der Waals surface area contributed by atoms with Crippen LogP contribution < -0.4 is 0 Å². The minimum atomic E-state index is 0.452. The number of halogens is 1. The number of rotatable bonds is 5. The fourth-order valence-corrected chi connectivity index (χ4v) is 5.59. The first-order valence-corrected chi connectivity index (χ1v) is 11.4. The maximum absolute atomic E-state index is 4.87. The molecule has 0 aromatic carbocycles. The van der Waals surface area contributed by atoms with Gasteiger partial charge in [-0.15, -0.1) is 11.3 Å². The molecular weight excluding hydrogens is 450 g/mol. The Morgan fingerprint density at radius 2 is 1.79 bits per heavy atom. The molecule has 0 saturated carbocycles. The summed E-state index contributed by atoms with van der Waals surface area (Å²) >= 11 is 5.24. The van der Waals surface area contributed by atoms with Crippen molar-refractivity contribution in [2.24, 2.45) is 7.05 Å². The molecule has 4 aromatic heterocycles. The molecular formula is C20H24BrN7S. The van der Waals surface area contributed by atoms with Crippen molar-refractivity contribution in [3.8, 4) is 21.3 Å². The molecule has 0 aliphatic carbocycles. The van der Waals surface area contributed by atoms with Crippen LogP contribution in [0.4, 0.5) is 0 Å². The smallest absolute Gasteiger partial charge is 0.187 e. The average Bonchev–Trinajstić information content (AvgIpc) is 3.30. The van der Waals surface area contributed by atoms with Gasteiger partial charge in [-0.25, -0.2) is 24.1 Å². The fraction of sp³-hybridized carbons (Fsp3) is 0.450. The fourth-order valence-electron chi connectivity index (χ4n) is 3.79. The highest BCUT2D eigenvalue weighted by atomic mass is 79.9. The van der Waals surface area contributed by atoms with Crippen LogP contribution in [0, 0.1) is 20.8 Å². The molecule has 0 unspecified atom stereocenters. The lowest BCUT2D eigenvalue weighted by molar-refractivity contribution is 0.598. The molecule has 29 heavy (non-hydrogen) atoms. The van der Waals surface area contributed by atoms with Gasteiger partial charge in [0.1, 0.15) is 10.4 Å². The minimum absolute atomic E-state index is 0.452. The second-order valence-electron chi connectivity index (χ2n) is 7.28. The lowest BCUT2D eigenvalue weighted by atomic mass is 9.98. The first-order chi connectivity index (χ1) is 13.8. The van der Waals surface area contributed by atoms with Crippen LogP contribution in [-0.2, 0) is 7.05 Å². The van der Waals surface area contributed by atoms with Crippen molar-refractivity contribution in [3.05, 3.63) is 33.6 Å². The Kier molecular flexibility index (Phi) is 5.29. The summed E-state index contributed by atoms with van der Waals surface area (Å²) in [5.41, 5.74) is 5.08. The van der Waals surface area contributed by atoms with Crippen molar-refractivity contribution in [2.45, 2.75) is 53.4 Å². The monoisotopic (exact) mass is 473 g/mol. The highest BCUT2D eigenvalue weighted by Gasteiger charge is 2.24. The molecule has 4 aromatic rings. The molecule has 7 nitrogen and oxygen atoms in total. The summed E-state index contributed by atoms with van der Waals surface area (Å²) in [5.74, 6) is 1.94. The van der Waals surface area contributed by atoms with Crippen LogP contribution in [-0.4, -0.2) is 34.3 Å². The Bertz CT molecular complexity index is 1200. The first kappa shape index (κ1) is 20.2. The van der Waals surface area contributed by atoms with Crippen molar-refractivity contribution in [2.75, 3.05) is 0 Å². The molecule has 0 aliphatic heterocycles. The first-order valence-electron chi connectivity index (χ1n) is 9.75. The Balaban J connectivity index is 1.93. The van der Waals surface area contributed by atoms with Crippen LogP contribution in [0.5, 0.6) is 0 Å². The summed E-state index contributed by atoms with van der Waals surface area (Å²) in [6.45, 7) is 10.4. The van der Waals surface area contributed by atoms with Crippen molar-refractivity contribution in [1.82, 2.24) is 34.3 Å². The molecule has 0 N–H and O–H groups in total. The molecule has 0 bridgehead atoms. The molecule has 0 saturated heterocycles. The van der Waals surface area contributed by atoms with E-state index >= 15 is 0 Å². The number of hydrogen-bond acceptors (Lipinski definition) is 6. The topological polar surface area (TPSA) is 73.8 Å². The molecule has 0 atom stereocenters. The molecule has 0 aliphatic rings. The Labute approximate surface area is 182 Å². The van der Waals surface area contributed by atoms with E-state index in [1.54, 1.807) is 16.0 Å². The van der Waals surface area contributed by atoms with E-state index in [0.717, 1.165) is 61.6 Å². The van der Waals surface area contributed by atoms with Gasteiger partial charge >= 0.3 is 0 Å². The van der Waals surface area contributed by atoms with E-state index in [4.69, 9.17) is 15.1 Å². The number of aromatic nitrogens is 7. The molecule has 152 valence electrons. The number of nitrogens with zero attached hydrogens (tertiary/aromatic N) is 7. The summed E-state index contributed by atoms with van der Waals surface area (Å²) in [7, 11) is 1.89. The molecule has 4 heterocycles. The van der Waals surface area contributed by atoms with Gasteiger partial charge in [-0.2, -0.15) is 10.2 Å². The summed E-state index contributed by atoms with van der Waals surface area (Å²) in [6.07, 6.45) is 2.15. The molecule has 0 radical (unpaired) electrons. The van der Waals surface area contributed by atoms with Gasteiger partial charge in [0.15, 0.2) is 16.5 Å². The van der Waals surface area contributed by atoms with Crippen molar-refractivity contribution in [3.63, 3.8) is 0 Å². The van der Waals surface area contributed by atoms with E-state index in [-0.39, 0.29) is 0 Å². The predicted octanol–water partition coefficient (Wildman–Crippen LogP) is 5.24. The third kappa shape index (κ3) is 3.40. The average molecular weight is 474 g/mol. The zero-order valence-electron chi connectivity index (χ0n) is 17.5. The predicted molar refractivity (Wildman–Crippen MR) is 119 cm³/mol. The van der Waals surface area contributed by atoms with Gasteiger partial charge < -0.3 is 0 Å². The van der Waals surface area contributed by atoms with Crippen molar-refractivity contribution in [1.29, 1.82) is 0 Å². The second-order valence-corrected chi connectivity index (χ2v) is 9.03. The van der Waals surface area contributed by atoms with Gasteiger partial charge in [0.25, 0.3) is 0 Å². The number of fused-ring (bicyclic) bond motifs is 1. The van der Waals surface area contributed by atoms with Crippen LogP contribution in [0.25, 0.3) is 26.9 Å². The van der Waals surface area contributed by atoms with Crippen LogP contribution in [0.2, 0.25) is 0 Å². The van der Waals surface area contributed by atoms with Crippen LogP contribution in [0.15, 0.2) is 10.7 Å². The largest absolute Gasteiger partial charge is 0.247 e. The molecule has 4 rings (SSSR count). The highest BCUT2D eigenvalue weighted by molar-refractivity contribution is 9.10. The van der Waals surface area contributed by atoms with Gasteiger partial charge in [-0.3, -0.25) is 0 Å². The standard InChI is InChI=1S/C20H24BrN7S/c1-7-13(8-2)14-9-10(3)22-18-15(11(4)25-28(14)18)16-17(21)24-20(29-16)19-23-12(5)26-27(19)6/h9,13H,7-8H2,1-6H3. The van der Waals surface area contributed by atoms with E-state index in [1.165, 1.54) is 5.69 Å². The van der Waals surface area contributed by atoms with Gasteiger partial charge in [0.05, 0.1) is 16.1 Å². The second kappa shape index (κ2) is 7.60. The Morgan fingerprint density at radius 3 is 2.41 bits per heavy atom. The summed E-state index contributed by atoms with van der Waals surface area (Å²) < 4.78 is 4.57. The van der Waals surface area contributed by atoms with Crippen molar-refractivity contribution >= 4 is 32.9 Å². The van der Waals surface area contributed by atoms with Crippen LogP contribution in [0.3, 0.4) is 0 Å². The zero-order chi connectivity index (χ0) is 20.9. The summed E-state index contributed by atoms with van der Waals surface area (Å²) in [4.78, 5) is 15.1. The van der Waals surface area contributed by atoms with Gasteiger partial charge in [0, 0.05) is 24.4 Å². The minimum Gasteiger partial charge on any atom is -0.247 e. The SMILES string of the molecule is CCC(CC)c1cc(C)nc2c(-c3sc(-c4nc(C)nn4C)nc3Br)c(C)nn12. The highest BCUT2D eigenvalue weighted by Crippen LogP contribution is 2.41. The molecule has 0 fully saturated rings. The summed E-state index contributed by atoms with van der Waals surface area (Å²) in [5, 5.41) is 10.0. The van der Waals surface area contributed by atoms with E-state index < -0.39 is 0 Å². The number of hydrogen-bond donors (Lipinski definition) is 0. The quantitative estimate of drug-likeness (QED) is 0.396. The lowest BCUT2D eigenvalue weighted by Crippen LogP contribution is -2.07. The van der Waals surface area contributed by atoms with Gasteiger partial charge in [-0.1, -0.05) is 13.8 Å². The van der Waals surface area contributed by atoms with Gasteiger partial charge in [-0.05, 0) is 55.6 Å². The van der Waals surface area contributed by atoms with E-state index in [1.807, 2.05) is 32.3 Å². The van der Waals surface area contributed by atoms with E-state index in [2.05, 4.69) is 45.9 Å². The van der Waals surface area contributed by atoms with Crippen LogP contribution >= 0.6 is 27.3 Å². The number of thiazole rings is 1. The van der Waals surface area contributed by atoms with Crippen molar-refractivity contribution < 1.29 is 0 Å². The van der Waals surface area contributed by atoms with Gasteiger partial charge in [0.2, 0.25) is 0 Å². The lowest BCUT2D eigenvalue weighted by Gasteiger charge is -2.15. The normalized spacial score (nSPS) is 11.9. The molecule has 9 heteroatoms.